The number of anilines is 1. The summed E-state index contributed by atoms with van der Waals surface area (Å²) in [6.07, 6.45) is 3.52. The van der Waals surface area contributed by atoms with E-state index in [1.807, 2.05) is 25.1 Å². The van der Waals surface area contributed by atoms with Gasteiger partial charge in [-0.15, -0.1) is 0 Å². The summed E-state index contributed by atoms with van der Waals surface area (Å²) in [7, 11) is 0. The molecular weight excluding hydrogens is 266 g/mol. The van der Waals surface area contributed by atoms with E-state index in [4.69, 9.17) is 5.73 Å². The number of fused-ring (bicyclic) bond motifs is 1. The number of para-hydroxylation sites is 1. The van der Waals surface area contributed by atoms with Gasteiger partial charge in [0.1, 0.15) is 12.1 Å². The quantitative estimate of drug-likeness (QED) is 0.882. The molecule has 2 aromatic rings. The summed E-state index contributed by atoms with van der Waals surface area (Å²) in [5.74, 6) is 0.819. The molecular formula is C15H19N5O. The number of primary amides is 1. The highest BCUT2D eigenvalue weighted by Crippen LogP contribution is 2.23. The molecule has 1 aromatic carbocycles. The maximum Gasteiger partial charge on any atom is 0.314 e. The number of aromatic nitrogens is 2. The Morgan fingerprint density at radius 2 is 2.29 bits per heavy atom. The summed E-state index contributed by atoms with van der Waals surface area (Å²) in [4.78, 5) is 21.7. The number of piperidine rings is 1. The van der Waals surface area contributed by atoms with Gasteiger partial charge >= 0.3 is 6.03 Å². The maximum absolute atomic E-state index is 11.3. The van der Waals surface area contributed by atoms with Gasteiger partial charge in [-0.05, 0) is 31.4 Å². The van der Waals surface area contributed by atoms with Crippen LogP contribution in [0.2, 0.25) is 0 Å². The van der Waals surface area contributed by atoms with Crippen molar-refractivity contribution in [2.45, 2.75) is 25.8 Å². The minimum absolute atomic E-state index is 0.171. The number of rotatable bonds is 2. The largest absolute Gasteiger partial charge is 0.365 e. The topological polar surface area (TPSA) is 84.1 Å². The van der Waals surface area contributed by atoms with Gasteiger partial charge < -0.3 is 16.0 Å². The summed E-state index contributed by atoms with van der Waals surface area (Å²) in [6.45, 7) is 3.39. The Kier molecular flexibility index (Phi) is 3.60. The number of nitrogens with one attached hydrogen (secondary N) is 1. The van der Waals surface area contributed by atoms with Crippen molar-refractivity contribution in [3.05, 3.63) is 30.1 Å². The number of aryl methyl sites for hydroxylation is 1. The standard InChI is InChI=1S/C15H19N5O/c1-10-4-2-6-12-13(10)17-9-18-14(12)19-11-5-3-7-20(8-11)15(16)21/h2,4,6,9,11H,3,5,7-8H2,1H3,(H2,16,21)(H,17,18,19)/t11-/m1/s1. The van der Waals surface area contributed by atoms with Crippen LogP contribution in [0.15, 0.2) is 24.5 Å². The van der Waals surface area contributed by atoms with Gasteiger partial charge in [0.25, 0.3) is 0 Å². The highest BCUT2D eigenvalue weighted by Gasteiger charge is 2.22. The number of benzene rings is 1. The zero-order chi connectivity index (χ0) is 14.8. The SMILES string of the molecule is Cc1cccc2c(N[C@@H]3CCCN(C(N)=O)C3)ncnc12. The molecule has 0 radical (unpaired) electrons. The van der Waals surface area contributed by atoms with Crippen LogP contribution in [-0.4, -0.2) is 40.0 Å². The van der Waals surface area contributed by atoms with Gasteiger partial charge in [0.05, 0.1) is 5.52 Å². The van der Waals surface area contributed by atoms with E-state index in [1.165, 1.54) is 0 Å². The van der Waals surface area contributed by atoms with Gasteiger partial charge in [0.2, 0.25) is 0 Å². The van der Waals surface area contributed by atoms with Crippen molar-refractivity contribution < 1.29 is 4.79 Å². The zero-order valence-electron chi connectivity index (χ0n) is 12.0. The van der Waals surface area contributed by atoms with Gasteiger partial charge in [-0.25, -0.2) is 14.8 Å². The first-order chi connectivity index (χ1) is 10.1. The molecule has 0 saturated carbocycles. The molecule has 0 spiro atoms. The number of hydrogen-bond acceptors (Lipinski definition) is 4. The van der Waals surface area contributed by atoms with Crippen LogP contribution in [0.1, 0.15) is 18.4 Å². The van der Waals surface area contributed by atoms with E-state index in [9.17, 15) is 4.79 Å². The molecule has 6 heteroatoms. The van der Waals surface area contributed by atoms with Crippen LogP contribution in [-0.2, 0) is 0 Å². The Bertz CT molecular complexity index is 672. The fourth-order valence-electron chi connectivity index (χ4n) is 2.84. The second-order valence-corrected chi connectivity index (χ2v) is 5.46. The van der Waals surface area contributed by atoms with E-state index in [1.54, 1.807) is 11.2 Å². The minimum Gasteiger partial charge on any atom is -0.365 e. The van der Waals surface area contributed by atoms with Gasteiger partial charge in [0, 0.05) is 24.5 Å². The predicted molar refractivity (Wildman–Crippen MR) is 82.1 cm³/mol. The van der Waals surface area contributed by atoms with Crippen LogP contribution in [0.5, 0.6) is 0 Å². The van der Waals surface area contributed by atoms with Gasteiger partial charge in [-0.3, -0.25) is 0 Å². The molecule has 110 valence electrons. The Balaban J connectivity index is 1.85. The molecule has 21 heavy (non-hydrogen) atoms. The number of carbonyl (C=O) groups is 1. The lowest BCUT2D eigenvalue weighted by atomic mass is 10.1. The van der Waals surface area contributed by atoms with E-state index < -0.39 is 0 Å². The van der Waals surface area contributed by atoms with E-state index >= 15 is 0 Å². The summed E-state index contributed by atoms with van der Waals surface area (Å²) in [6, 6.07) is 5.87. The van der Waals surface area contributed by atoms with Crippen molar-refractivity contribution in [2.75, 3.05) is 18.4 Å². The Morgan fingerprint density at radius 3 is 3.10 bits per heavy atom. The highest BCUT2D eigenvalue weighted by atomic mass is 16.2. The smallest absolute Gasteiger partial charge is 0.314 e. The molecule has 3 N–H and O–H groups in total. The molecule has 1 aromatic heterocycles. The summed E-state index contributed by atoms with van der Waals surface area (Å²) >= 11 is 0. The average Bonchev–Trinajstić information content (AvgIpc) is 2.49. The molecule has 0 bridgehead atoms. The van der Waals surface area contributed by atoms with Gasteiger partial charge in [-0.2, -0.15) is 0 Å². The lowest BCUT2D eigenvalue weighted by Gasteiger charge is -2.32. The Labute approximate surface area is 123 Å². The number of likely N-dealkylation sites (tertiary alicyclic amines) is 1. The number of amides is 2. The van der Waals surface area contributed by atoms with Crippen molar-refractivity contribution in [3.8, 4) is 0 Å². The van der Waals surface area contributed by atoms with Crippen LogP contribution in [0.3, 0.4) is 0 Å². The van der Waals surface area contributed by atoms with Crippen LogP contribution in [0, 0.1) is 6.92 Å². The summed E-state index contributed by atoms with van der Waals surface area (Å²) < 4.78 is 0. The van der Waals surface area contributed by atoms with Crippen molar-refractivity contribution in [3.63, 3.8) is 0 Å². The second-order valence-electron chi connectivity index (χ2n) is 5.46. The zero-order valence-corrected chi connectivity index (χ0v) is 12.0. The molecule has 1 saturated heterocycles. The fourth-order valence-corrected chi connectivity index (χ4v) is 2.84. The lowest BCUT2D eigenvalue weighted by molar-refractivity contribution is 0.192. The first-order valence-electron chi connectivity index (χ1n) is 7.16. The third kappa shape index (κ3) is 2.74. The average molecular weight is 285 g/mol. The third-order valence-corrected chi connectivity index (χ3v) is 3.94. The van der Waals surface area contributed by atoms with Gasteiger partial charge in [-0.1, -0.05) is 12.1 Å². The number of hydrogen-bond donors (Lipinski definition) is 2. The van der Waals surface area contributed by atoms with Crippen molar-refractivity contribution in [1.29, 1.82) is 0 Å². The molecule has 0 aliphatic carbocycles. The monoisotopic (exact) mass is 285 g/mol. The molecule has 3 rings (SSSR count). The molecule has 1 atom stereocenters. The first-order valence-corrected chi connectivity index (χ1v) is 7.16. The number of nitrogens with zero attached hydrogens (tertiary/aromatic N) is 3. The normalized spacial score (nSPS) is 18.7. The number of urea groups is 1. The van der Waals surface area contributed by atoms with Crippen molar-refractivity contribution >= 4 is 22.8 Å². The first kappa shape index (κ1) is 13.6. The summed E-state index contributed by atoms with van der Waals surface area (Å²) in [5.41, 5.74) is 7.45. The Morgan fingerprint density at radius 1 is 1.43 bits per heavy atom. The molecule has 0 unspecified atom stereocenters. The Hall–Kier alpha value is -2.37. The number of nitrogens with two attached hydrogens (primary N) is 1. The molecule has 1 fully saturated rings. The predicted octanol–water partition coefficient (Wildman–Crippen LogP) is 1.89. The van der Waals surface area contributed by atoms with Crippen LogP contribution < -0.4 is 11.1 Å². The second kappa shape index (κ2) is 5.55. The summed E-state index contributed by atoms with van der Waals surface area (Å²) in [5, 5.41) is 4.44. The maximum atomic E-state index is 11.3. The van der Waals surface area contributed by atoms with E-state index in [-0.39, 0.29) is 12.1 Å². The van der Waals surface area contributed by atoms with E-state index in [0.717, 1.165) is 41.7 Å². The van der Waals surface area contributed by atoms with Crippen LogP contribution in [0.4, 0.5) is 10.6 Å². The molecule has 1 aliphatic heterocycles. The van der Waals surface area contributed by atoms with Crippen LogP contribution in [0.25, 0.3) is 10.9 Å². The molecule has 6 nitrogen and oxygen atoms in total. The highest BCUT2D eigenvalue weighted by molar-refractivity contribution is 5.90. The molecule has 2 amide bonds. The molecule has 2 heterocycles. The van der Waals surface area contributed by atoms with Gasteiger partial charge in [0.15, 0.2) is 0 Å². The van der Waals surface area contributed by atoms with Crippen LogP contribution >= 0.6 is 0 Å². The number of carbonyl (C=O) groups excluding carboxylic acids is 1. The van der Waals surface area contributed by atoms with E-state index in [2.05, 4.69) is 15.3 Å². The van der Waals surface area contributed by atoms with Crippen molar-refractivity contribution in [1.82, 2.24) is 14.9 Å². The minimum atomic E-state index is -0.357. The fraction of sp³-hybridized carbons (Fsp3) is 0.400. The van der Waals surface area contributed by atoms with E-state index in [0.29, 0.717) is 6.54 Å². The third-order valence-electron chi connectivity index (χ3n) is 3.94. The molecule has 1 aliphatic rings. The van der Waals surface area contributed by atoms with Crippen molar-refractivity contribution in [2.24, 2.45) is 5.73 Å². The lowest BCUT2D eigenvalue weighted by Crippen LogP contribution is -2.47.